The van der Waals surface area contributed by atoms with Crippen molar-refractivity contribution in [1.29, 1.82) is 0 Å². The molecule has 124 valence electrons. The fourth-order valence-corrected chi connectivity index (χ4v) is 3.45. The van der Waals surface area contributed by atoms with E-state index in [2.05, 4.69) is 10.5 Å². The first-order valence-corrected chi connectivity index (χ1v) is 8.68. The van der Waals surface area contributed by atoms with Gasteiger partial charge in [-0.3, -0.25) is 4.79 Å². The Morgan fingerprint density at radius 2 is 2.17 bits per heavy atom. The van der Waals surface area contributed by atoms with Crippen molar-refractivity contribution in [3.63, 3.8) is 0 Å². The molecule has 2 aromatic rings. The van der Waals surface area contributed by atoms with E-state index in [9.17, 15) is 17.6 Å². The molecule has 1 heterocycles. The predicted octanol–water partition coefficient (Wildman–Crippen LogP) is 2.72. The van der Waals surface area contributed by atoms with Gasteiger partial charge in [0.15, 0.2) is 15.7 Å². The zero-order chi connectivity index (χ0) is 17.2. The van der Waals surface area contributed by atoms with E-state index in [1.807, 2.05) is 0 Å². The van der Waals surface area contributed by atoms with Crippen LogP contribution in [0.1, 0.15) is 18.2 Å². The van der Waals surface area contributed by atoms with Crippen LogP contribution in [0, 0.1) is 12.7 Å². The van der Waals surface area contributed by atoms with Gasteiger partial charge in [-0.1, -0.05) is 22.8 Å². The molecule has 0 saturated heterocycles. The molecule has 1 amide bonds. The summed E-state index contributed by atoms with van der Waals surface area (Å²) in [6.07, 6.45) is 0. The summed E-state index contributed by atoms with van der Waals surface area (Å²) in [6, 6.07) is 5.32. The molecule has 1 aromatic carbocycles. The average molecular weight is 361 g/mol. The number of halogens is 2. The quantitative estimate of drug-likeness (QED) is 0.885. The van der Waals surface area contributed by atoms with Crippen molar-refractivity contribution < 1.29 is 22.1 Å². The Morgan fingerprint density at radius 1 is 1.48 bits per heavy atom. The number of anilines is 1. The molecule has 0 spiro atoms. The first-order valence-electron chi connectivity index (χ1n) is 6.59. The Bertz CT molecular complexity index is 815. The maximum atomic E-state index is 13.7. The molecule has 0 aliphatic rings. The summed E-state index contributed by atoms with van der Waals surface area (Å²) >= 11 is 5.82. The number of carbonyl (C=O) groups excluding carboxylic acids is 1. The van der Waals surface area contributed by atoms with Gasteiger partial charge >= 0.3 is 0 Å². The Kier molecular flexibility index (Phi) is 5.06. The van der Waals surface area contributed by atoms with Crippen molar-refractivity contribution in [3.8, 4) is 0 Å². The number of sulfone groups is 1. The molecule has 0 aliphatic heterocycles. The van der Waals surface area contributed by atoms with E-state index in [1.165, 1.54) is 25.1 Å². The Balaban J connectivity index is 2.16. The third kappa shape index (κ3) is 4.08. The van der Waals surface area contributed by atoms with E-state index in [4.69, 9.17) is 16.1 Å². The second kappa shape index (κ2) is 6.67. The molecule has 0 fully saturated rings. The second-order valence-corrected chi connectivity index (χ2v) is 7.69. The van der Waals surface area contributed by atoms with Gasteiger partial charge in [0.25, 0.3) is 0 Å². The van der Waals surface area contributed by atoms with Crippen LogP contribution in [-0.2, 0) is 20.4 Å². The molecular weight excluding hydrogens is 347 g/mol. The summed E-state index contributed by atoms with van der Waals surface area (Å²) in [5, 5.41) is 4.47. The maximum Gasteiger partial charge on any atom is 0.243 e. The number of nitrogens with one attached hydrogen (secondary N) is 1. The van der Waals surface area contributed by atoms with Crippen LogP contribution in [0.5, 0.6) is 0 Å². The first-order chi connectivity index (χ1) is 10.7. The normalized spacial score (nSPS) is 12.9. The van der Waals surface area contributed by atoms with Crippen LogP contribution in [0.2, 0.25) is 5.02 Å². The van der Waals surface area contributed by atoms with Gasteiger partial charge in [-0.25, -0.2) is 12.8 Å². The van der Waals surface area contributed by atoms with Crippen molar-refractivity contribution in [2.45, 2.75) is 24.9 Å². The Hall–Kier alpha value is -1.93. The molecular formula is C14H14ClFN2O4S. The lowest BCUT2D eigenvalue weighted by Gasteiger charge is -2.13. The van der Waals surface area contributed by atoms with Gasteiger partial charge in [0.1, 0.15) is 16.8 Å². The van der Waals surface area contributed by atoms with E-state index in [1.54, 1.807) is 6.92 Å². The summed E-state index contributed by atoms with van der Waals surface area (Å²) in [4.78, 5) is 12.0. The SMILES string of the molecule is Cc1cc(NC(=O)C(C)S(=O)(=O)Cc2c(F)cccc2Cl)no1. The molecule has 0 aliphatic carbocycles. The van der Waals surface area contributed by atoms with Crippen LogP contribution < -0.4 is 5.32 Å². The second-order valence-electron chi connectivity index (χ2n) is 4.96. The standard InChI is InChI=1S/C14H14ClFN2O4S/c1-8-6-13(18-22-8)17-14(19)9(2)23(20,21)7-10-11(15)4-3-5-12(10)16/h3-6,9H,7H2,1-2H3,(H,17,18,19). The highest BCUT2D eigenvalue weighted by atomic mass is 35.5. The molecule has 1 aromatic heterocycles. The molecule has 0 saturated carbocycles. The smallest absolute Gasteiger partial charge is 0.243 e. The van der Waals surface area contributed by atoms with Crippen LogP contribution >= 0.6 is 11.6 Å². The molecule has 1 unspecified atom stereocenters. The number of aryl methyl sites for hydroxylation is 1. The number of amides is 1. The van der Waals surface area contributed by atoms with Crippen LogP contribution in [0.15, 0.2) is 28.8 Å². The third-order valence-electron chi connectivity index (χ3n) is 3.19. The highest BCUT2D eigenvalue weighted by Crippen LogP contribution is 2.23. The summed E-state index contributed by atoms with van der Waals surface area (Å²) in [5.41, 5.74) is -0.161. The molecule has 2 rings (SSSR count). The van der Waals surface area contributed by atoms with Gasteiger partial charge < -0.3 is 9.84 Å². The number of carbonyl (C=O) groups is 1. The van der Waals surface area contributed by atoms with Gasteiger partial charge in [0, 0.05) is 16.7 Å². The fraction of sp³-hybridized carbons (Fsp3) is 0.286. The van der Waals surface area contributed by atoms with Gasteiger partial charge in [0.2, 0.25) is 5.91 Å². The van der Waals surface area contributed by atoms with E-state index in [-0.39, 0.29) is 16.4 Å². The number of benzene rings is 1. The van der Waals surface area contributed by atoms with E-state index >= 15 is 0 Å². The summed E-state index contributed by atoms with van der Waals surface area (Å²) in [5.74, 6) is -1.62. The van der Waals surface area contributed by atoms with Gasteiger partial charge in [-0.05, 0) is 26.0 Å². The summed E-state index contributed by atoms with van der Waals surface area (Å²) in [6.45, 7) is 2.84. The minimum Gasteiger partial charge on any atom is -0.360 e. The summed E-state index contributed by atoms with van der Waals surface area (Å²) in [7, 11) is -3.97. The minimum absolute atomic E-state index is 0.00620. The predicted molar refractivity (Wildman–Crippen MR) is 83.4 cm³/mol. The zero-order valence-electron chi connectivity index (χ0n) is 12.3. The number of aromatic nitrogens is 1. The molecule has 0 bridgehead atoms. The number of hydrogen-bond acceptors (Lipinski definition) is 5. The lowest BCUT2D eigenvalue weighted by Crippen LogP contribution is -2.33. The lowest BCUT2D eigenvalue weighted by atomic mass is 10.2. The highest BCUT2D eigenvalue weighted by molar-refractivity contribution is 7.92. The molecule has 0 radical (unpaired) electrons. The maximum absolute atomic E-state index is 13.7. The van der Waals surface area contributed by atoms with Crippen LogP contribution in [0.25, 0.3) is 0 Å². The van der Waals surface area contributed by atoms with E-state index < -0.39 is 32.6 Å². The van der Waals surface area contributed by atoms with Crippen molar-refractivity contribution in [2.75, 3.05) is 5.32 Å². The monoisotopic (exact) mass is 360 g/mol. The van der Waals surface area contributed by atoms with E-state index in [0.717, 1.165) is 6.07 Å². The van der Waals surface area contributed by atoms with Crippen LogP contribution in [0.4, 0.5) is 10.2 Å². The molecule has 9 heteroatoms. The first kappa shape index (κ1) is 17.4. The van der Waals surface area contributed by atoms with Gasteiger partial charge in [-0.2, -0.15) is 0 Å². The number of rotatable bonds is 5. The van der Waals surface area contributed by atoms with Crippen molar-refractivity contribution in [2.24, 2.45) is 0 Å². The van der Waals surface area contributed by atoms with Crippen molar-refractivity contribution >= 4 is 33.2 Å². The minimum atomic E-state index is -3.97. The molecule has 1 N–H and O–H groups in total. The molecule has 6 nitrogen and oxygen atoms in total. The largest absolute Gasteiger partial charge is 0.360 e. The number of hydrogen-bond donors (Lipinski definition) is 1. The fourth-order valence-electron chi connectivity index (χ4n) is 1.81. The third-order valence-corrected chi connectivity index (χ3v) is 5.53. The lowest BCUT2D eigenvalue weighted by molar-refractivity contribution is -0.115. The Labute approximate surface area is 137 Å². The van der Waals surface area contributed by atoms with E-state index in [0.29, 0.717) is 5.76 Å². The topological polar surface area (TPSA) is 89.3 Å². The van der Waals surface area contributed by atoms with Crippen molar-refractivity contribution in [1.82, 2.24) is 5.16 Å². The molecule has 1 atom stereocenters. The zero-order valence-corrected chi connectivity index (χ0v) is 13.9. The van der Waals surface area contributed by atoms with Crippen LogP contribution in [-0.4, -0.2) is 24.7 Å². The number of nitrogens with zero attached hydrogens (tertiary/aromatic N) is 1. The van der Waals surface area contributed by atoms with Gasteiger partial charge in [0.05, 0.1) is 5.75 Å². The summed E-state index contributed by atoms with van der Waals surface area (Å²) < 4.78 is 43.1. The highest BCUT2D eigenvalue weighted by Gasteiger charge is 2.30. The molecule has 23 heavy (non-hydrogen) atoms. The van der Waals surface area contributed by atoms with Crippen LogP contribution in [0.3, 0.4) is 0 Å². The van der Waals surface area contributed by atoms with Gasteiger partial charge in [-0.15, -0.1) is 0 Å². The average Bonchev–Trinajstić information content (AvgIpc) is 2.87. The van der Waals surface area contributed by atoms with Crippen molar-refractivity contribution in [3.05, 3.63) is 46.4 Å². The Morgan fingerprint density at radius 3 is 2.74 bits per heavy atom.